The van der Waals surface area contributed by atoms with Crippen molar-refractivity contribution in [2.24, 2.45) is 0 Å². The maximum Gasteiger partial charge on any atom is 0.0349 e. The van der Waals surface area contributed by atoms with Gasteiger partial charge in [-0.05, 0) is 35.7 Å². The van der Waals surface area contributed by atoms with Crippen molar-refractivity contribution in [3.05, 3.63) is 52.5 Å². The minimum Gasteiger partial charge on any atom is -0.398 e. The van der Waals surface area contributed by atoms with Gasteiger partial charge in [0, 0.05) is 10.2 Å². The van der Waals surface area contributed by atoms with Crippen molar-refractivity contribution >= 4 is 21.6 Å². The third-order valence-corrected chi connectivity index (χ3v) is 3.16. The van der Waals surface area contributed by atoms with E-state index in [1.54, 1.807) is 0 Å². The Morgan fingerprint density at radius 3 is 2.47 bits per heavy atom. The average Bonchev–Trinajstić information content (AvgIpc) is 2.23. The summed E-state index contributed by atoms with van der Waals surface area (Å²) in [4.78, 5) is 0. The Kier molecular flexibility index (Phi) is 2.78. The SMILES string of the molecule is Cc1ccc(-c2ccccc2Br)cc1N. The van der Waals surface area contributed by atoms with Gasteiger partial charge in [0.25, 0.3) is 0 Å². The van der Waals surface area contributed by atoms with Gasteiger partial charge in [-0.25, -0.2) is 0 Å². The van der Waals surface area contributed by atoms with Crippen molar-refractivity contribution < 1.29 is 0 Å². The van der Waals surface area contributed by atoms with Crippen LogP contribution in [0.2, 0.25) is 0 Å². The van der Waals surface area contributed by atoms with Gasteiger partial charge in [0.05, 0.1) is 0 Å². The summed E-state index contributed by atoms with van der Waals surface area (Å²) >= 11 is 3.54. The van der Waals surface area contributed by atoms with Gasteiger partial charge in [-0.2, -0.15) is 0 Å². The summed E-state index contributed by atoms with van der Waals surface area (Å²) in [5, 5.41) is 0. The maximum absolute atomic E-state index is 5.89. The van der Waals surface area contributed by atoms with Gasteiger partial charge in [-0.1, -0.05) is 46.3 Å². The van der Waals surface area contributed by atoms with Crippen LogP contribution in [0.5, 0.6) is 0 Å². The predicted molar refractivity (Wildman–Crippen MR) is 68.7 cm³/mol. The van der Waals surface area contributed by atoms with Gasteiger partial charge in [0.2, 0.25) is 0 Å². The highest BCUT2D eigenvalue weighted by Gasteiger charge is 2.03. The zero-order valence-electron chi connectivity index (χ0n) is 8.50. The molecule has 0 atom stereocenters. The van der Waals surface area contributed by atoms with Crippen molar-refractivity contribution in [2.75, 3.05) is 5.73 Å². The van der Waals surface area contributed by atoms with Gasteiger partial charge < -0.3 is 5.73 Å². The number of nitrogen functional groups attached to an aromatic ring is 1. The zero-order chi connectivity index (χ0) is 10.8. The molecule has 0 saturated heterocycles. The largest absolute Gasteiger partial charge is 0.398 e. The van der Waals surface area contributed by atoms with Crippen LogP contribution in [-0.2, 0) is 0 Å². The van der Waals surface area contributed by atoms with Gasteiger partial charge in [-0.15, -0.1) is 0 Å². The molecule has 0 aromatic heterocycles. The monoisotopic (exact) mass is 261 g/mol. The van der Waals surface area contributed by atoms with Crippen LogP contribution in [-0.4, -0.2) is 0 Å². The molecule has 2 aromatic rings. The van der Waals surface area contributed by atoms with E-state index in [4.69, 9.17) is 5.73 Å². The van der Waals surface area contributed by atoms with Crippen molar-refractivity contribution in [3.63, 3.8) is 0 Å². The highest BCUT2D eigenvalue weighted by atomic mass is 79.9. The fourth-order valence-corrected chi connectivity index (χ4v) is 2.02. The quantitative estimate of drug-likeness (QED) is 0.772. The van der Waals surface area contributed by atoms with Crippen molar-refractivity contribution in [2.45, 2.75) is 6.92 Å². The van der Waals surface area contributed by atoms with Crippen LogP contribution < -0.4 is 5.73 Å². The second-order valence-electron chi connectivity index (χ2n) is 3.55. The van der Waals surface area contributed by atoms with E-state index in [0.717, 1.165) is 21.3 Å². The van der Waals surface area contributed by atoms with Crippen LogP contribution >= 0.6 is 15.9 Å². The van der Waals surface area contributed by atoms with Crippen LogP contribution in [0.25, 0.3) is 11.1 Å². The molecular formula is C13H12BrN. The van der Waals surface area contributed by atoms with Crippen molar-refractivity contribution in [1.82, 2.24) is 0 Å². The highest BCUT2D eigenvalue weighted by Crippen LogP contribution is 2.29. The lowest BCUT2D eigenvalue weighted by Gasteiger charge is -2.07. The molecule has 0 aliphatic rings. The molecule has 0 aliphatic carbocycles. The summed E-state index contributed by atoms with van der Waals surface area (Å²) in [6.45, 7) is 2.01. The summed E-state index contributed by atoms with van der Waals surface area (Å²) in [7, 11) is 0. The molecule has 76 valence electrons. The Hall–Kier alpha value is -1.28. The minimum atomic E-state index is 0.836. The fourth-order valence-electron chi connectivity index (χ4n) is 1.50. The first-order valence-electron chi connectivity index (χ1n) is 4.79. The number of aryl methyl sites for hydroxylation is 1. The van der Waals surface area contributed by atoms with Crippen LogP contribution in [0.4, 0.5) is 5.69 Å². The second-order valence-corrected chi connectivity index (χ2v) is 4.41. The Labute approximate surface area is 98.1 Å². The third-order valence-electron chi connectivity index (χ3n) is 2.46. The molecule has 1 nitrogen and oxygen atoms in total. The average molecular weight is 262 g/mol. The number of hydrogen-bond donors (Lipinski definition) is 1. The van der Waals surface area contributed by atoms with E-state index in [1.165, 1.54) is 5.56 Å². The summed E-state index contributed by atoms with van der Waals surface area (Å²) in [6.07, 6.45) is 0. The Balaban J connectivity index is 2.55. The van der Waals surface area contributed by atoms with Crippen LogP contribution in [0.15, 0.2) is 46.9 Å². The first kappa shape index (κ1) is 10.2. The number of nitrogens with two attached hydrogens (primary N) is 1. The van der Waals surface area contributed by atoms with E-state index < -0.39 is 0 Å². The van der Waals surface area contributed by atoms with Gasteiger partial charge in [-0.3, -0.25) is 0 Å². The number of halogens is 1. The van der Waals surface area contributed by atoms with E-state index in [9.17, 15) is 0 Å². The standard InChI is InChI=1S/C13H12BrN/c1-9-6-7-10(8-13(9)15)11-4-2-3-5-12(11)14/h2-8H,15H2,1H3. The Morgan fingerprint density at radius 2 is 1.80 bits per heavy atom. The first-order chi connectivity index (χ1) is 7.18. The van der Waals surface area contributed by atoms with E-state index in [0.29, 0.717) is 0 Å². The molecule has 2 rings (SSSR count). The van der Waals surface area contributed by atoms with Crippen LogP contribution in [0, 0.1) is 6.92 Å². The molecule has 2 aromatic carbocycles. The molecule has 2 heteroatoms. The zero-order valence-corrected chi connectivity index (χ0v) is 10.1. The van der Waals surface area contributed by atoms with E-state index >= 15 is 0 Å². The molecule has 0 heterocycles. The van der Waals surface area contributed by atoms with Crippen LogP contribution in [0.3, 0.4) is 0 Å². The molecule has 0 saturated carbocycles. The Morgan fingerprint density at radius 1 is 1.07 bits per heavy atom. The lowest BCUT2D eigenvalue weighted by molar-refractivity contribution is 1.46. The summed E-state index contributed by atoms with van der Waals surface area (Å²) in [5.74, 6) is 0. The first-order valence-corrected chi connectivity index (χ1v) is 5.59. The van der Waals surface area contributed by atoms with Crippen molar-refractivity contribution in [1.29, 1.82) is 0 Å². The molecule has 0 radical (unpaired) electrons. The highest BCUT2D eigenvalue weighted by molar-refractivity contribution is 9.10. The third kappa shape index (κ3) is 2.05. The topological polar surface area (TPSA) is 26.0 Å². The summed E-state index contributed by atoms with van der Waals surface area (Å²) in [5.41, 5.74) is 10.2. The summed E-state index contributed by atoms with van der Waals surface area (Å²) in [6, 6.07) is 14.3. The minimum absolute atomic E-state index is 0.836. The lowest BCUT2D eigenvalue weighted by atomic mass is 10.0. The fraction of sp³-hybridized carbons (Fsp3) is 0.0769. The molecule has 0 spiro atoms. The number of anilines is 1. The van der Waals surface area contributed by atoms with Crippen LogP contribution in [0.1, 0.15) is 5.56 Å². The van der Waals surface area contributed by atoms with Crippen molar-refractivity contribution in [3.8, 4) is 11.1 Å². The molecule has 0 aliphatic heterocycles. The molecule has 2 N–H and O–H groups in total. The van der Waals surface area contributed by atoms with E-state index in [1.807, 2.05) is 37.3 Å². The van der Waals surface area contributed by atoms with Gasteiger partial charge in [0.15, 0.2) is 0 Å². The number of benzene rings is 2. The Bertz CT molecular complexity index is 492. The maximum atomic E-state index is 5.89. The predicted octanol–water partition coefficient (Wildman–Crippen LogP) is 4.01. The smallest absolute Gasteiger partial charge is 0.0349 e. The normalized spacial score (nSPS) is 10.3. The lowest BCUT2D eigenvalue weighted by Crippen LogP contribution is -1.90. The second kappa shape index (κ2) is 4.07. The van der Waals surface area contributed by atoms with Gasteiger partial charge in [0.1, 0.15) is 0 Å². The molecule has 0 bridgehead atoms. The summed E-state index contributed by atoms with van der Waals surface area (Å²) < 4.78 is 1.09. The number of rotatable bonds is 1. The molecule has 0 unspecified atom stereocenters. The molecule has 0 fully saturated rings. The molecular weight excluding hydrogens is 250 g/mol. The van der Waals surface area contributed by atoms with E-state index in [-0.39, 0.29) is 0 Å². The van der Waals surface area contributed by atoms with Gasteiger partial charge >= 0.3 is 0 Å². The molecule has 0 amide bonds. The van der Waals surface area contributed by atoms with E-state index in [2.05, 4.69) is 28.1 Å². The molecule has 15 heavy (non-hydrogen) atoms. The number of hydrogen-bond acceptors (Lipinski definition) is 1.